The Kier molecular flexibility index (Phi) is 4.25. The monoisotopic (exact) mass is 314 g/mol. The van der Waals surface area contributed by atoms with Crippen LogP contribution >= 0.6 is 11.3 Å². The summed E-state index contributed by atoms with van der Waals surface area (Å²) < 4.78 is 1.65. The molecule has 114 valence electrons. The second-order valence-corrected chi connectivity index (χ2v) is 6.47. The van der Waals surface area contributed by atoms with Crippen LogP contribution in [-0.4, -0.2) is 15.7 Å². The Morgan fingerprint density at radius 2 is 2.27 bits per heavy atom. The van der Waals surface area contributed by atoms with Crippen LogP contribution in [0.4, 0.5) is 5.00 Å². The van der Waals surface area contributed by atoms with Crippen molar-refractivity contribution in [2.45, 2.75) is 45.6 Å². The van der Waals surface area contributed by atoms with E-state index in [1.807, 2.05) is 6.92 Å². The number of carbonyl (C=O) groups excluding carboxylic acids is 1. The molecule has 0 aliphatic heterocycles. The van der Waals surface area contributed by atoms with Crippen LogP contribution in [0.5, 0.6) is 0 Å². The van der Waals surface area contributed by atoms with Gasteiger partial charge in [0.1, 0.15) is 16.8 Å². The van der Waals surface area contributed by atoms with Crippen molar-refractivity contribution in [2.24, 2.45) is 0 Å². The molecule has 0 aromatic carbocycles. The van der Waals surface area contributed by atoms with E-state index in [-0.39, 0.29) is 5.91 Å². The molecule has 0 atom stereocenters. The number of fused-ring (bicyclic) bond motifs is 1. The second-order valence-electron chi connectivity index (χ2n) is 5.37. The molecule has 0 bridgehead atoms. The number of carbonyl (C=O) groups is 1. The van der Waals surface area contributed by atoms with E-state index in [2.05, 4.69) is 16.5 Å². The number of aromatic nitrogens is 2. The highest BCUT2D eigenvalue weighted by Crippen LogP contribution is 2.37. The summed E-state index contributed by atoms with van der Waals surface area (Å²) in [5, 5.41) is 17.2. The Bertz CT molecular complexity index is 738. The quantitative estimate of drug-likeness (QED) is 0.883. The van der Waals surface area contributed by atoms with Crippen LogP contribution in [0.15, 0.2) is 12.3 Å². The molecule has 0 saturated carbocycles. The Labute approximate surface area is 133 Å². The van der Waals surface area contributed by atoms with Crippen LogP contribution in [0.2, 0.25) is 0 Å². The van der Waals surface area contributed by atoms with Crippen LogP contribution in [0.3, 0.4) is 0 Å². The number of nitrogens with one attached hydrogen (secondary N) is 1. The molecule has 1 aliphatic rings. The summed E-state index contributed by atoms with van der Waals surface area (Å²) in [5.74, 6) is -0.202. The smallest absolute Gasteiger partial charge is 0.274 e. The van der Waals surface area contributed by atoms with Gasteiger partial charge in [-0.15, -0.1) is 11.3 Å². The van der Waals surface area contributed by atoms with Crippen LogP contribution in [0, 0.1) is 11.3 Å². The zero-order chi connectivity index (χ0) is 15.5. The van der Waals surface area contributed by atoms with Gasteiger partial charge in [0.05, 0.1) is 5.56 Å². The van der Waals surface area contributed by atoms with Gasteiger partial charge in [0, 0.05) is 17.6 Å². The summed E-state index contributed by atoms with van der Waals surface area (Å²) >= 11 is 1.55. The Hall–Kier alpha value is -2.13. The minimum atomic E-state index is -0.202. The molecule has 1 N–H and O–H groups in total. The molecule has 5 nitrogen and oxygen atoms in total. The first-order valence-corrected chi connectivity index (χ1v) is 8.44. The Morgan fingerprint density at radius 3 is 3.05 bits per heavy atom. The molecule has 0 spiro atoms. The van der Waals surface area contributed by atoms with E-state index in [1.165, 1.54) is 11.3 Å². The van der Waals surface area contributed by atoms with E-state index in [1.54, 1.807) is 28.3 Å². The van der Waals surface area contributed by atoms with E-state index in [0.29, 0.717) is 22.8 Å². The molecule has 6 heteroatoms. The van der Waals surface area contributed by atoms with Gasteiger partial charge in [0.25, 0.3) is 5.91 Å². The van der Waals surface area contributed by atoms with Crippen LogP contribution in [0.25, 0.3) is 0 Å². The number of thiophene rings is 1. The van der Waals surface area contributed by atoms with Crippen molar-refractivity contribution in [3.63, 3.8) is 0 Å². The van der Waals surface area contributed by atoms with Gasteiger partial charge in [-0.1, -0.05) is 6.42 Å². The lowest BCUT2D eigenvalue weighted by atomic mass is 10.1. The number of nitriles is 1. The van der Waals surface area contributed by atoms with E-state index in [0.717, 1.165) is 31.2 Å². The third-order valence-corrected chi connectivity index (χ3v) is 5.22. The fourth-order valence-electron chi connectivity index (χ4n) is 2.89. The predicted molar refractivity (Wildman–Crippen MR) is 86.1 cm³/mol. The SMILES string of the molecule is CCn1nccc1C(=O)Nc1sc2c(c1C#N)CCCCC2. The van der Waals surface area contributed by atoms with E-state index >= 15 is 0 Å². The van der Waals surface area contributed by atoms with Crippen molar-refractivity contribution in [1.29, 1.82) is 5.26 Å². The number of aryl methyl sites for hydroxylation is 2. The van der Waals surface area contributed by atoms with Gasteiger partial charge in [0.2, 0.25) is 0 Å². The molecule has 0 fully saturated rings. The summed E-state index contributed by atoms with van der Waals surface area (Å²) in [6.07, 6.45) is 7.06. The summed E-state index contributed by atoms with van der Waals surface area (Å²) in [6, 6.07) is 3.98. The molecule has 22 heavy (non-hydrogen) atoms. The second kappa shape index (κ2) is 6.32. The van der Waals surface area contributed by atoms with Gasteiger partial charge in [-0.05, 0) is 44.2 Å². The lowest BCUT2D eigenvalue weighted by Gasteiger charge is -2.05. The molecule has 2 aromatic rings. The fraction of sp³-hybridized carbons (Fsp3) is 0.438. The number of anilines is 1. The van der Waals surface area contributed by atoms with Gasteiger partial charge in [-0.25, -0.2) is 0 Å². The zero-order valence-corrected chi connectivity index (χ0v) is 13.4. The highest BCUT2D eigenvalue weighted by Gasteiger charge is 2.22. The van der Waals surface area contributed by atoms with Crippen molar-refractivity contribution >= 4 is 22.2 Å². The van der Waals surface area contributed by atoms with Crippen molar-refractivity contribution in [1.82, 2.24) is 9.78 Å². The van der Waals surface area contributed by atoms with Gasteiger partial charge in [-0.2, -0.15) is 10.4 Å². The third-order valence-electron chi connectivity index (χ3n) is 4.01. The Balaban J connectivity index is 1.90. The topological polar surface area (TPSA) is 70.7 Å². The number of hydrogen-bond acceptors (Lipinski definition) is 4. The highest BCUT2D eigenvalue weighted by molar-refractivity contribution is 7.16. The first kappa shape index (κ1) is 14.8. The number of nitrogens with zero attached hydrogens (tertiary/aromatic N) is 3. The van der Waals surface area contributed by atoms with E-state index < -0.39 is 0 Å². The summed E-state index contributed by atoms with van der Waals surface area (Å²) in [5.41, 5.74) is 2.32. The normalized spacial score (nSPS) is 14.0. The van der Waals surface area contributed by atoms with Crippen molar-refractivity contribution in [3.05, 3.63) is 34.0 Å². The first-order chi connectivity index (χ1) is 10.7. The predicted octanol–water partition coefficient (Wildman–Crippen LogP) is 3.36. The van der Waals surface area contributed by atoms with Crippen molar-refractivity contribution in [3.8, 4) is 6.07 Å². The van der Waals surface area contributed by atoms with Gasteiger partial charge in [-0.3, -0.25) is 9.48 Å². The number of rotatable bonds is 3. The summed E-state index contributed by atoms with van der Waals surface area (Å²) in [6.45, 7) is 2.58. The molecule has 0 radical (unpaired) electrons. The molecule has 2 heterocycles. The van der Waals surface area contributed by atoms with Crippen LogP contribution < -0.4 is 5.32 Å². The molecule has 3 rings (SSSR count). The molecule has 1 amide bonds. The van der Waals surface area contributed by atoms with Gasteiger partial charge in [0.15, 0.2) is 0 Å². The standard InChI is InChI=1S/C16H18N4OS/c1-2-20-13(8-9-18-20)15(21)19-16-12(10-17)11-6-4-3-5-7-14(11)22-16/h8-9H,2-7H2,1H3,(H,19,21). The van der Waals surface area contributed by atoms with E-state index in [9.17, 15) is 10.1 Å². The zero-order valence-electron chi connectivity index (χ0n) is 12.6. The minimum Gasteiger partial charge on any atom is -0.311 e. The molecule has 1 aliphatic carbocycles. The molecular weight excluding hydrogens is 296 g/mol. The molecule has 0 saturated heterocycles. The summed E-state index contributed by atoms with van der Waals surface area (Å²) in [7, 11) is 0. The lowest BCUT2D eigenvalue weighted by Crippen LogP contribution is -2.17. The van der Waals surface area contributed by atoms with Gasteiger partial charge >= 0.3 is 0 Å². The van der Waals surface area contributed by atoms with E-state index in [4.69, 9.17) is 0 Å². The van der Waals surface area contributed by atoms with Crippen LogP contribution in [0.1, 0.15) is 52.7 Å². The first-order valence-electron chi connectivity index (χ1n) is 7.62. The minimum absolute atomic E-state index is 0.202. The maximum Gasteiger partial charge on any atom is 0.274 e. The number of amides is 1. The fourth-order valence-corrected chi connectivity index (χ4v) is 4.13. The largest absolute Gasteiger partial charge is 0.311 e. The molecule has 0 unspecified atom stereocenters. The van der Waals surface area contributed by atoms with Gasteiger partial charge < -0.3 is 5.32 Å². The maximum absolute atomic E-state index is 12.4. The maximum atomic E-state index is 12.4. The third kappa shape index (κ3) is 2.64. The number of hydrogen-bond donors (Lipinski definition) is 1. The molecular formula is C16H18N4OS. The van der Waals surface area contributed by atoms with Crippen LogP contribution in [-0.2, 0) is 19.4 Å². The lowest BCUT2D eigenvalue weighted by molar-refractivity contribution is 0.101. The van der Waals surface area contributed by atoms with Crippen molar-refractivity contribution in [2.75, 3.05) is 5.32 Å². The van der Waals surface area contributed by atoms with Crippen molar-refractivity contribution < 1.29 is 4.79 Å². The average molecular weight is 314 g/mol. The Morgan fingerprint density at radius 1 is 1.45 bits per heavy atom. The average Bonchev–Trinajstić information content (AvgIpc) is 3.05. The molecule has 2 aromatic heterocycles. The summed E-state index contributed by atoms with van der Waals surface area (Å²) in [4.78, 5) is 13.7. The highest BCUT2D eigenvalue weighted by atomic mass is 32.1.